The smallest absolute Gasteiger partial charge is 1.00 e. The van der Waals surface area contributed by atoms with Gasteiger partial charge in [0, 0.05) is 20.8 Å². The molecule has 0 aromatic heterocycles. The van der Waals surface area contributed by atoms with E-state index in [1.807, 2.05) is 0 Å². The van der Waals surface area contributed by atoms with Crippen LogP contribution in [0.25, 0.3) is 0 Å². The van der Waals surface area contributed by atoms with E-state index in [0.717, 1.165) is 20.8 Å². The first-order chi connectivity index (χ1) is 5.20. The second kappa shape index (κ2) is 17.3. The third-order valence-electron chi connectivity index (χ3n) is 0. The Labute approximate surface area is 94.7 Å². The van der Waals surface area contributed by atoms with Crippen molar-refractivity contribution in [2.75, 3.05) is 0 Å². The van der Waals surface area contributed by atoms with Gasteiger partial charge in [-0.3, -0.25) is 14.4 Å². The van der Waals surface area contributed by atoms with Crippen LogP contribution in [0.5, 0.6) is 0 Å². The fraction of sp³-hybridized carbons (Fsp3) is 0.500. The normalized spacial score (nSPS) is 5.77. The molecule has 0 aromatic carbocycles. The van der Waals surface area contributed by atoms with Gasteiger partial charge in [0.05, 0.1) is 0 Å². The molecular weight excluding hydrogens is 192 g/mol. The molecule has 0 aliphatic heterocycles. The van der Waals surface area contributed by atoms with E-state index in [1.165, 1.54) is 0 Å². The minimum Gasteiger partial charge on any atom is -1.00 e. The van der Waals surface area contributed by atoms with Crippen molar-refractivity contribution in [3.05, 3.63) is 0 Å². The van der Waals surface area contributed by atoms with Crippen LogP contribution in [0.3, 0.4) is 0 Å². The molecule has 6 nitrogen and oxygen atoms in total. The molecule has 76 valence electrons. The van der Waals surface area contributed by atoms with Crippen molar-refractivity contribution >= 4 is 41.0 Å². The van der Waals surface area contributed by atoms with Crippen LogP contribution >= 0.6 is 0 Å². The first kappa shape index (κ1) is 22.8. The van der Waals surface area contributed by atoms with E-state index in [1.54, 1.807) is 0 Å². The maximum absolute atomic E-state index is 9.00. The van der Waals surface area contributed by atoms with E-state index < -0.39 is 17.9 Å². The minimum absolute atomic E-state index is 0. The molecule has 3 N–H and O–H groups in total. The molecule has 0 fully saturated rings. The van der Waals surface area contributed by atoms with E-state index in [-0.39, 0.29) is 25.9 Å². The van der Waals surface area contributed by atoms with Gasteiger partial charge in [0.25, 0.3) is 17.9 Å². The quantitative estimate of drug-likeness (QED) is 0.485. The van der Waals surface area contributed by atoms with Crippen molar-refractivity contribution in [2.24, 2.45) is 0 Å². The number of carbonyl (C=O) groups is 3. The summed E-state index contributed by atoms with van der Waals surface area (Å²) in [7, 11) is 0. The first-order valence-electron chi connectivity index (χ1n) is 2.78. The zero-order valence-corrected chi connectivity index (χ0v) is 9.19. The van der Waals surface area contributed by atoms with E-state index in [4.69, 9.17) is 29.7 Å². The van der Waals surface area contributed by atoms with Crippen molar-refractivity contribution in [1.29, 1.82) is 0 Å². The molecule has 0 spiro atoms. The van der Waals surface area contributed by atoms with Crippen LogP contribution in [0.1, 0.15) is 23.6 Å². The molecule has 0 saturated heterocycles. The Hall–Kier alpha value is -0.824. The molecule has 0 bridgehead atoms. The number of carboxylic acid groups (broad SMARTS) is 3. The average molecular weight is 206 g/mol. The van der Waals surface area contributed by atoms with Crippen molar-refractivity contribution < 1.29 is 32.6 Å². The first-order valence-corrected chi connectivity index (χ1v) is 2.78. The molecule has 0 heterocycles. The maximum atomic E-state index is 9.00. The summed E-state index contributed by atoms with van der Waals surface area (Å²) in [6, 6.07) is 0. The van der Waals surface area contributed by atoms with Gasteiger partial charge in [-0.05, 0) is 0 Å². The average Bonchev–Trinajstić information content (AvgIpc) is 1.54. The molecule has 13 heavy (non-hydrogen) atoms. The van der Waals surface area contributed by atoms with Crippen molar-refractivity contribution in [2.45, 2.75) is 20.8 Å². The van der Waals surface area contributed by atoms with Gasteiger partial charge in [-0.15, -0.1) is 0 Å². The Bertz CT molecular complexity index is 123. The molecule has 7 heteroatoms. The summed E-state index contributed by atoms with van der Waals surface area (Å²) >= 11 is 0. The predicted molar refractivity (Wildman–Crippen MR) is 47.9 cm³/mol. The maximum Gasteiger partial charge on any atom is 2.00 e. The van der Waals surface area contributed by atoms with Crippen LogP contribution in [0.4, 0.5) is 0 Å². The monoisotopic (exact) mass is 206 g/mol. The molecular formula is C6H14MgO6. The fourth-order valence-corrected chi connectivity index (χ4v) is 0. The topological polar surface area (TPSA) is 112 Å². The van der Waals surface area contributed by atoms with Gasteiger partial charge < -0.3 is 18.2 Å². The third kappa shape index (κ3) is 1390. The Morgan fingerprint density at radius 2 is 0.769 bits per heavy atom. The number of aliphatic carboxylic acids is 3. The van der Waals surface area contributed by atoms with Crippen molar-refractivity contribution in [1.82, 2.24) is 0 Å². The molecule has 0 saturated carbocycles. The Morgan fingerprint density at radius 1 is 0.769 bits per heavy atom. The van der Waals surface area contributed by atoms with Gasteiger partial charge in [0.15, 0.2) is 0 Å². The summed E-state index contributed by atoms with van der Waals surface area (Å²) in [4.78, 5) is 27.0. The largest absolute Gasteiger partial charge is 2.00 e. The van der Waals surface area contributed by atoms with Gasteiger partial charge in [-0.2, -0.15) is 0 Å². The Morgan fingerprint density at radius 3 is 0.769 bits per heavy atom. The summed E-state index contributed by atoms with van der Waals surface area (Å²) in [5, 5.41) is 22.2. The minimum atomic E-state index is -0.833. The van der Waals surface area contributed by atoms with Crippen LogP contribution in [-0.2, 0) is 14.4 Å². The zero-order chi connectivity index (χ0) is 10.7. The summed E-state index contributed by atoms with van der Waals surface area (Å²) in [6.07, 6.45) is 0. The van der Waals surface area contributed by atoms with Crippen LogP contribution in [0.15, 0.2) is 0 Å². The van der Waals surface area contributed by atoms with E-state index in [2.05, 4.69) is 0 Å². The molecule has 0 unspecified atom stereocenters. The van der Waals surface area contributed by atoms with Crippen LogP contribution in [-0.4, -0.2) is 56.3 Å². The van der Waals surface area contributed by atoms with Gasteiger partial charge >= 0.3 is 23.1 Å². The van der Waals surface area contributed by atoms with Crippen LogP contribution in [0.2, 0.25) is 0 Å². The van der Waals surface area contributed by atoms with E-state index >= 15 is 0 Å². The summed E-state index contributed by atoms with van der Waals surface area (Å²) in [5.74, 6) is -2.50. The van der Waals surface area contributed by atoms with E-state index in [0.29, 0.717) is 0 Å². The molecule has 0 aromatic rings. The second-order valence-electron chi connectivity index (χ2n) is 1.56. The van der Waals surface area contributed by atoms with Crippen LogP contribution in [0, 0.1) is 0 Å². The second-order valence-corrected chi connectivity index (χ2v) is 1.56. The number of carboxylic acids is 3. The van der Waals surface area contributed by atoms with Gasteiger partial charge in [0.1, 0.15) is 0 Å². The van der Waals surface area contributed by atoms with Crippen molar-refractivity contribution in [3.63, 3.8) is 0 Å². The number of hydrogen-bond acceptors (Lipinski definition) is 3. The molecule has 0 atom stereocenters. The van der Waals surface area contributed by atoms with Gasteiger partial charge in [-0.1, -0.05) is 0 Å². The van der Waals surface area contributed by atoms with Gasteiger partial charge in [0.2, 0.25) is 0 Å². The molecule has 0 rings (SSSR count). The third-order valence-corrected chi connectivity index (χ3v) is 0. The Kier molecular flexibility index (Phi) is 30.3. The standard InChI is InChI=1S/3C2H4O2.Mg.2H/c3*1-2(3)4;;;/h3*1H3,(H,3,4);;;/q;;;+2;2*-1. The zero-order valence-electron chi connectivity index (χ0n) is 9.77. The molecule has 0 aliphatic carbocycles. The number of hydrogen-bond donors (Lipinski definition) is 3. The summed E-state index contributed by atoms with van der Waals surface area (Å²) in [5.41, 5.74) is 0. The van der Waals surface area contributed by atoms with Crippen LogP contribution < -0.4 is 0 Å². The van der Waals surface area contributed by atoms with Gasteiger partial charge in [-0.25, -0.2) is 0 Å². The van der Waals surface area contributed by atoms with Crippen molar-refractivity contribution in [3.8, 4) is 0 Å². The predicted octanol–water partition coefficient (Wildman–Crippen LogP) is 0.117. The molecule has 0 amide bonds. The Balaban J connectivity index is -0.0000000184. The van der Waals surface area contributed by atoms with E-state index in [9.17, 15) is 0 Å². The summed E-state index contributed by atoms with van der Waals surface area (Å²) in [6.45, 7) is 3.25. The molecule has 0 radical (unpaired) electrons. The summed E-state index contributed by atoms with van der Waals surface area (Å²) < 4.78 is 0. The SMILES string of the molecule is CC(=O)O.CC(=O)O.CC(=O)O.[H-].[H-].[Mg+2]. The molecule has 0 aliphatic rings. The fourth-order valence-electron chi connectivity index (χ4n) is 0. The number of rotatable bonds is 0.